The molecule has 0 aliphatic heterocycles. The molecule has 0 aromatic heterocycles. The van der Waals surface area contributed by atoms with Crippen molar-refractivity contribution in [2.75, 3.05) is 0 Å². The second-order valence-electron chi connectivity index (χ2n) is 15.8. The van der Waals surface area contributed by atoms with E-state index in [2.05, 4.69) is 127 Å². The summed E-state index contributed by atoms with van der Waals surface area (Å²) in [7, 11) is 0. The standard InChI is InChI=1S/C36H66/c1-15-30(35(11,12)33(7,8)25-21-20-24-32(5,6)16-2)27-34(9,10)36(13,14)31(26-28(3)4)29-22-18-17-19-23-29/h17-19,22-23,28,30-31H,15-16,20-21,24-27H2,1-14H3. The molecule has 0 aliphatic rings. The average molecular weight is 499 g/mol. The monoisotopic (exact) mass is 499 g/mol. The molecule has 0 N–H and O–H groups in total. The van der Waals surface area contributed by atoms with Gasteiger partial charge in [-0.2, -0.15) is 0 Å². The molecule has 1 aromatic carbocycles. The van der Waals surface area contributed by atoms with Crippen LogP contribution in [0.5, 0.6) is 0 Å². The van der Waals surface area contributed by atoms with Gasteiger partial charge in [0.25, 0.3) is 0 Å². The van der Waals surface area contributed by atoms with Gasteiger partial charge >= 0.3 is 0 Å². The van der Waals surface area contributed by atoms with Crippen LogP contribution < -0.4 is 0 Å². The molecule has 0 amide bonds. The molecule has 0 aliphatic carbocycles. The highest BCUT2D eigenvalue weighted by atomic mass is 14.5. The highest BCUT2D eigenvalue weighted by Gasteiger charge is 2.49. The first-order valence-electron chi connectivity index (χ1n) is 15.4. The fraction of sp³-hybridized carbons (Fsp3) is 0.833. The summed E-state index contributed by atoms with van der Waals surface area (Å²) in [6, 6.07) is 11.4. The van der Waals surface area contributed by atoms with Crippen LogP contribution in [0.25, 0.3) is 0 Å². The summed E-state index contributed by atoms with van der Waals surface area (Å²) in [6.07, 6.45) is 10.5. The Balaban J connectivity index is 3.12. The van der Waals surface area contributed by atoms with Crippen LogP contribution in [0.1, 0.15) is 160 Å². The van der Waals surface area contributed by atoms with E-state index < -0.39 is 0 Å². The van der Waals surface area contributed by atoms with E-state index in [9.17, 15) is 0 Å². The molecule has 1 rings (SSSR count). The van der Waals surface area contributed by atoms with Crippen molar-refractivity contribution in [3.8, 4) is 0 Å². The molecular weight excluding hydrogens is 432 g/mol. The van der Waals surface area contributed by atoms with Crippen molar-refractivity contribution >= 4 is 0 Å². The maximum Gasteiger partial charge on any atom is -0.0103 e. The van der Waals surface area contributed by atoms with E-state index in [-0.39, 0.29) is 10.8 Å². The Kier molecular flexibility index (Phi) is 11.9. The molecular formula is C36H66. The Morgan fingerprint density at radius 2 is 1.19 bits per heavy atom. The van der Waals surface area contributed by atoms with Crippen molar-refractivity contribution in [1.29, 1.82) is 0 Å². The molecule has 1 aromatic rings. The lowest BCUT2D eigenvalue weighted by molar-refractivity contribution is -0.0309. The minimum atomic E-state index is 0.206. The summed E-state index contributed by atoms with van der Waals surface area (Å²) in [5, 5.41) is 0. The van der Waals surface area contributed by atoms with Crippen molar-refractivity contribution < 1.29 is 0 Å². The zero-order chi connectivity index (χ0) is 28.0. The zero-order valence-electron chi connectivity index (χ0n) is 27.3. The van der Waals surface area contributed by atoms with E-state index in [1.165, 1.54) is 56.9 Å². The molecule has 2 unspecified atom stereocenters. The number of hydrogen-bond donors (Lipinski definition) is 0. The maximum atomic E-state index is 2.59. The number of benzene rings is 1. The number of unbranched alkanes of at least 4 members (excludes halogenated alkanes) is 1. The zero-order valence-corrected chi connectivity index (χ0v) is 27.3. The molecule has 36 heavy (non-hydrogen) atoms. The van der Waals surface area contributed by atoms with Crippen molar-refractivity contribution in [1.82, 2.24) is 0 Å². The van der Waals surface area contributed by atoms with Gasteiger partial charge in [0.05, 0.1) is 0 Å². The van der Waals surface area contributed by atoms with Crippen LogP contribution >= 0.6 is 0 Å². The summed E-state index contributed by atoms with van der Waals surface area (Å²) in [5.74, 6) is 1.98. The van der Waals surface area contributed by atoms with Gasteiger partial charge in [0.2, 0.25) is 0 Å². The Bertz CT molecular complexity index is 744. The third-order valence-corrected chi connectivity index (χ3v) is 11.4. The average Bonchev–Trinajstić information content (AvgIpc) is 2.78. The predicted octanol–water partition coefficient (Wildman–Crippen LogP) is 12.3. The van der Waals surface area contributed by atoms with Gasteiger partial charge in [-0.05, 0) is 76.1 Å². The van der Waals surface area contributed by atoms with Gasteiger partial charge in [0.15, 0.2) is 0 Å². The largest absolute Gasteiger partial charge is 0.0651 e. The van der Waals surface area contributed by atoms with Gasteiger partial charge < -0.3 is 0 Å². The third kappa shape index (κ3) is 8.36. The molecule has 0 saturated carbocycles. The smallest absolute Gasteiger partial charge is 0.0103 e. The van der Waals surface area contributed by atoms with Crippen LogP contribution in [0.15, 0.2) is 30.3 Å². The molecule has 2 atom stereocenters. The lowest BCUT2D eigenvalue weighted by Crippen LogP contribution is -2.45. The van der Waals surface area contributed by atoms with Crippen molar-refractivity contribution in [2.45, 2.75) is 154 Å². The van der Waals surface area contributed by atoms with Crippen LogP contribution in [0.3, 0.4) is 0 Å². The molecule has 0 radical (unpaired) electrons. The fourth-order valence-electron chi connectivity index (χ4n) is 6.49. The van der Waals surface area contributed by atoms with Gasteiger partial charge in [-0.15, -0.1) is 0 Å². The molecule has 0 heteroatoms. The second-order valence-corrected chi connectivity index (χ2v) is 15.8. The summed E-state index contributed by atoms with van der Waals surface area (Å²) < 4.78 is 0. The van der Waals surface area contributed by atoms with Crippen molar-refractivity contribution in [3.05, 3.63) is 35.9 Å². The Morgan fingerprint density at radius 3 is 1.67 bits per heavy atom. The lowest BCUT2D eigenvalue weighted by Gasteiger charge is -2.54. The third-order valence-electron chi connectivity index (χ3n) is 11.4. The first-order chi connectivity index (χ1) is 16.3. The van der Waals surface area contributed by atoms with Gasteiger partial charge in [-0.25, -0.2) is 0 Å². The maximum absolute atomic E-state index is 2.59. The van der Waals surface area contributed by atoms with Crippen LogP contribution in [0.4, 0.5) is 0 Å². The minimum absolute atomic E-state index is 0.206. The number of hydrogen-bond acceptors (Lipinski definition) is 0. The normalized spacial score (nSPS) is 15.9. The first kappa shape index (κ1) is 33.2. The van der Waals surface area contributed by atoms with Gasteiger partial charge in [0, 0.05) is 0 Å². The van der Waals surface area contributed by atoms with Crippen molar-refractivity contribution in [3.63, 3.8) is 0 Å². The van der Waals surface area contributed by atoms with Crippen molar-refractivity contribution in [2.24, 2.45) is 38.9 Å². The Labute approximate surface area is 228 Å². The van der Waals surface area contributed by atoms with E-state index >= 15 is 0 Å². The molecule has 0 spiro atoms. The summed E-state index contributed by atoms with van der Waals surface area (Å²) in [4.78, 5) is 0. The lowest BCUT2D eigenvalue weighted by atomic mass is 9.51. The fourth-order valence-corrected chi connectivity index (χ4v) is 6.49. The molecule has 0 fully saturated rings. The predicted molar refractivity (Wildman–Crippen MR) is 165 cm³/mol. The van der Waals surface area contributed by atoms with E-state index in [1.54, 1.807) is 0 Å². The van der Waals surface area contributed by atoms with E-state index in [0.29, 0.717) is 34.0 Å². The summed E-state index contributed by atoms with van der Waals surface area (Å²) in [6.45, 7) is 35.0. The minimum Gasteiger partial charge on any atom is -0.0651 e. The molecule has 0 bridgehead atoms. The van der Waals surface area contributed by atoms with E-state index in [1.807, 2.05) is 0 Å². The van der Waals surface area contributed by atoms with Gasteiger partial charge in [-0.1, -0.05) is 153 Å². The highest BCUT2D eigenvalue weighted by Crippen LogP contribution is 2.58. The molecule has 0 saturated heterocycles. The summed E-state index contributed by atoms with van der Waals surface area (Å²) in [5.41, 5.74) is 3.09. The highest BCUT2D eigenvalue weighted by molar-refractivity contribution is 5.23. The molecule has 0 nitrogen and oxygen atoms in total. The second kappa shape index (κ2) is 12.8. The van der Waals surface area contributed by atoms with Crippen LogP contribution in [0, 0.1) is 38.9 Å². The van der Waals surface area contributed by atoms with Gasteiger partial charge in [0.1, 0.15) is 0 Å². The topological polar surface area (TPSA) is 0 Å². The molecule has 210 valence electrons. The first-order valence-corrected chi connectivity index (χ1v) is 15.4. The van der Waals surface area contributed by atoms with Crippen LogP contribution in [-0.4, -0.2) is 0 Å². The van der Waals surface area contributed by atoms with E-state index in [0.717, 1.165) is 0 Å². The quantitative estimate of drug-likeness (QED) is 0.199. The summed E-state index contributed by atoms with van der Waals surface area (Å²) >= 11 is 0. The van der Waals surface area contributed by atoms with E-state index in [4.69, 9.17) is 0 Å². The SMILES string of the molecule is CCC(CC(C)(C)C(C)(C)C(CC(C)C)c1ccccc1)C(C)(C)C(C)(C)CCCCC(C)(C)CC. The Morgan fingerprint density at radius 1 is 0.667 bits per heavy atom. The van der Waals surface area contributed by atoms with Gasteiger partial charge in [-0.3, -0.25) is 0 Å². The molecule has 0 heterocycles. The van der Waals surface area contributed by atoms with Crippen LogP contribution in [-0.2, 0) is 0 Å². The van der Waals surface area contributed by atoms with Crippen LogP contribution in [0.2, 0.25) is 0 Å². The Hall–Kier alpha value is -0.780. The number of rotatable bonds is 16.